The summed E-state index contributed by atoms with van der Waals surface area (Å²) in [6, 6.07) is 4.98. The van der Waals surface area contributed by atoms with Gasteiger partial charge in [-0.2, -0.15) is 0 Å². The Kier molecular flexibility index (Phi) is 5.51. The molecule has 5 nitrogen and oxygen atoms in total. The van der Waals surface area contributed by atoms with E-state index in [0.717, 1.165) is 4.47 Å². The van der Waals surface area contributed by atoms with Crippen LogP contribution in [0.15, 0.2) is 27.6 Å². The molecular weight excluding hydrogens is 332 g/mol. The number of nitrogens with one attached hydrogen (secondary N) is 1. The monoisotopic (exact) mass is 348 g/mol. The summed E-state index contributed by atoms with van der Waals surface area (Å²) < 4.78 is 27.4. The van der Waals surface area contributed by atoms with Gasteiger partial charge < -0.3 is 4.90 Å². The second kappa shape index (κ2) is 6.49. The lowest BCUT2D eigenvalue weighted by Gasteiger charge is -2.12. The average molecular weight is 349 g/mol. The van der Waals surface area contributed by atoms with Crippen LogP contribution in [-0.2, 0) is 14.8 Å². The van der Waals surface area contributed by atoms with E-state index in [1.807, 2.05) is 0 Å². The number of halogens is 1. The molecule has 1 N–H and O–H groups in total. The van der Waals surface area contributed by atoms with E-state index in [0.29, 0.717) is 5.56 Å². The van der Waals surface area contributed by atoms with E-state index in [-0.39, 0.29) is 23.8 Å². The van der Waals surface area contributed by atoms with E-state index >= 15 is 0 Å². The maximum atomic E-state index is 12.1. The predicted octanol–water partition coefficient (Wildman–Crippen LogP) is 1.51. The van der Waals surface area contributed by atoms with Crippen LogP contribution < -0.4 is 4.72 Å². The summed E-state index contributed by atoms with van der Waals surface area (Å²) in [6.45, 7) is 1.81. The van der Waals surface area contributed by atoms with Gasteiger partial charge in [-0.1, -0.05) is 22.0 Å². The van der Waals surface area contributed by atoms with Crippen LogP contribution in [0.5, 0.6) is 0 Å². The first kappa shape index (κ1) is 16.1. The van der Waals surface area contributed by atoms with Gasteiger partial charge in [-0.05, 0) is 24.6 Å². The minimum absolute atomic E-state index is 0.0886. The zero-order valence-electron chi connectivity index (χ0n) is 11.1. The van der Waals surface area contributed by atoms with Crippen LogP contribution in [0.2, 0.25) is 0 Å². The summed E-state index contributed by atoms with van der Waals surface area (Å²) in [5, 5.41) is 0. The number of hydrogen-bond donors (Lipinski definition) is 1. The van der Waals surface area contributed by atoms with Crippen molar-refractivity contribution < 1.29 is 13.2 Å². The Labute approximate surface area is 122 Å². The third-order valence-electron chi connectivity index (χ3n) is 2.64. The highest BCUT2D eigenvalue weighted by Crippen LogP contribution is 2.22. The number of hydrogen-bond acceptors (Lipinski definition) is 3. The minimum atomic E-state index is -3.59. The lowest BCUT2D eigenvalue weighted by Crippen LogP contribution is -2.30. The van der Waals surface area contributed by atoms with Gasteiger partial charge >= 0.3 is 0 Å². The van der Waals surface area contributed by atoms with Crippen molar-refractivity contribution in [2.75, 3.05) is 20.6 Å². The molecule has 106 valence electrons. The fourth-order valence-corrected chi connectivity index (χ4v) is 3.27. The number of sulfonamides is 1. The second-order valence-corrected chi connectivity index (χ2v) is 6.89. The van der Waals surface area contributed by atoms with Crippen LogP contribution in [0.3, 0.4) is 0 Å². The smallest absolute Gasteiger partial charge is 0.240 e. The Morgan fingerprint density at radius 1 is 1.37 bits per heavy atom. The number of carbonyl (C=O) groups excluding carboxylic acids is 1. The van der Waals surface area contributed by atoms with Crippen LogP contribution in [0, 0.1) is 6.92 Å². The molecular formula is C12H17BrN2O3S. The van der Waals surface area contributed by atoms with Gasteiger partial charge in [-0.3, -0.25) is 4.79 Å². The van der Waals surface area contributed by atoms with Crippen molar-refractivity contribution in [3.05, 3.63) is 28.2 Å². The summed E-state index contributed by atoms with van der Waals surface area (Å²) in [4.78, 5) is 13.0. The first-order valence-electron chi connectivity index (χ1n) is 5.70. The van der Waals surface area contributed by atoms with E-state index < -0.39 is 10.0 Å². The maximum absolute atomic E-state index is 12.1. The summed E-state index contributed by atoms with van der Waals surface area (Å²) in [5.41, 5.74) is 0.647. The number of benzene rings is 1. The van der Waals surface area contributed by atoms with Gasteiger partial charge in [-0.15, -0.1) is 0 Å². The van der Waals surface area contributed by atoms with Crippen LogP contribution in [0.1, 0.15) is 12.0 Å². The van der Waals surface area contributed by atoms with Crippen molar-refractivity contribution in [1.82, 2.24) is 9.62 Å². The molecule has 0 atom stereocenters. The Morgan fingerprint density at radius 3 is 2.58 bits per heavy atom. The van der Waals surface area contributed by atoms with Crippen LogP contribution in [-0.4, -0.2) is 39.9 Å². The van der Waals surface area contributed by atoms with Gasteiger partial charge in [-0.25, -0.2) is 13.1 Å². The van der Waals surface area contributed by atoms with Crippen molar-refractivity contribution in [3.63, 3.8) is 0 Å². The molecule has 1 aromatic rings. The molecule has 0 aliphatic carbocycles. The molecule has 0 unspecified atom stereocenters. The van der Waals surface area contributed by atoms with E-state index in [9.17, 15) is 13.2 Å². The molecule has 1 amide bonds. The molecule has 0 heterocycles. The largest absolute Gasteiger partial charge is 0.349 e. The maximum Gasteiger partial charge on any atom is 0.240 e. The predicted molar refractivity (Wildman–Crippen MR) is 77.4 cm³/mol. The fraction of sp³-hybridized carbons (Fsp3) is 0.417. The molecule has 0 aromatic heterocycles. The van der Waals surface area contributed by atoms with Crippen molar-refractivity contribution in [1.29, 1.82) is 0 Å². The summed E-state index contributed by atoms with van der Waals surface area (Å²) in [5.74, 6) is -0.117. The fourth-order valence-electron chi connectivity index (χ4n) is 1.47. The lowest BCUT2D eigenvalue weighted by molar-refractivity contribution is -0.128. The number of nitrogens with zero attached hydrogens (tertiary/aromatic N) is 1. The molecule has 0 saturated heterocycles. The molecule has 1 aromatic carbocycles. The van der Waals surface area contributed by atoms with Gasteiger partial charge in [0.05, 0.1) is 4.90 Å². The number of amides is 1. The number of carbonyl (C=O) groups is 1. The molecule has 0 spiro atoms. The third kappa shape index (κ3) is 4.29. The van der Waals surface area contributed by atoms with E-state index in [4.69, 9.17) is 0 Å². The Balaban J connectivity index is 2.77. The molecule has 0 radical (unpaired) electrons. The Morgan fingerprint density at radius 2 is 2.00 bits per heavy atom. The van der Waals surface area contributed by atoms with Crippen LogP contribution >= 0.6 is 15.9 Å². The van der Waals surface area contributed by atoms with E-state index in [2.05, 4.69) is 20.7 Å². The molecule has 1 rings (SSSR count). The van der Waals surface area contributed by atoms with Crippen LogP contribution in [0.4, 0.5) is 0 Å². The first-order chi connectivity index (χ1) is 8.75. The van der Waals surface area contributed by atoms with Crippen molar-refractivity contribution in [2.45, 2.75) is 18.2 Å². The summed E-state index contributed by atoms with van der Waals surface area (Å²) in [6.07, 6.45) is 0.138. The lowest BCUT2D eigenvalue weighted by atomic mass is 10.2. The molecule has 19 heavy (non-hydrogen) atoms. The molecule has 0 aliphatic heterocycles. The normalized spacial score (nSPS) is 11.4. The molecule has 0 saturated carbocycles. The van der Waals surface area contributed by atoms with E-state index in [1.54, 1.807) is 33.2 Å². The molecule has 0 fully saturated rings. The molecule has 7 heteroatoms. The average Bonchev–Trinajstić information content (AvgIpc) is 2.31. The van der Waals surface area contributed by atoms with Gasteiger partial charge in [0.15, 0.2) is 0 Å². The molecule has 0 aliphatic rings. The third-order valence-corrected chi connectivity index (χ3v) is 5.10. The Hall–Kier alpha value is -0.920. The quantitative estimate of drug-likeness (QED) is 0.876. The van der Waals surface area contributed by atoms with Crippen molar-refractivity contribution in [3.8, 4) is 0 Å². The van der Waals surface area contributed by atoms with Crippen molar-refractivity contribution in [2.24, 2.45) is 0 Å². The van der Waals surface area contributed by atoms with E-state index in [1.165, 1.54) is 11.0 Å². The van der Waals surface area contributed by atoms with Gasteiger partial charge in [0.1, 0.15) is 0 Å². The topological polar surface area (TPSA) is 66.5 Å². The highest BCUT2D eigenvalue weighted by atomic mass is 79.9. The number of rotatable bonds is 5. The van der Waals surface area contributed by atoms with Gasteiger partial charge in [0.2, 0.25) is 15.9 Å². The summed E-state index contributed by atoms with van der Waals surface area (Å²) >= 11 is 3.30. The zero-order chi connectivity index (χ0) is 14.6. The van der Waals surface area contributed by atoms with Crippen molar-refractivity contribution >= 4 is 31.9 Å². The highest BCUT2D eigenvalue weighted by Gasteiger charge is 2.18. The first-order valence-corrected chi connectivity index (χ1v) is 7.98. The Bertz CT molecular complexity index is 570. The highest BCUT2D eigenvalue weighted by molar-refractivity contribution is 9.10. The van der Waals surface area contributed by atoms with Gasteiger partial charge in [0.25, 0.3) is 0 Å². The second-order valence-electron chi connectivity index (χ2n) is 4.30. The minimum Gasteiger partial charge on any atom is -0.349 e. The standard InChI is InChI=1S/C12H17BrN2O3S/c1-9-10(13)5-4-6-11(9)19(17,18)14-8-7-12(16)15(2)3/h4-6,14H,7-8H2,1-3H3. The summed E-state index contributed by atoms with van der Waals surface area (Å²) in [7, 11) is -0.317. The van der Waals surface area contributed by atoms with Crippen LogP contribution in [0.25, 0.3) is 0 Å². The SMILES string of the molecule is Cc1c(Br)cccc1S(=O)(=O)NCCC(=O)N(C)C. The van der Waals surface area contributed by atoms with Gasteiger partial charge in [0, 0.05) is 31.5 Å². The zero-order valence-corrected chi connectivity index (χ0v) is 13.5. The molecule has 0 bridgehead atoms.